The molecule has 0 heterocycles. The molecule has 33 heavy (non-hydrogen) atoms. The van der Waals surface area contributed by atoms with Gasteiger partial charge in [-0.25, -0.2) is 0 Å². The van der Waals surface area contributed by atoms with Crippen molar-refractivity contribution in [2.24, 2.45) is 0 Å². The molecule has 0 aliphatic carbocycles. The summed E-state index contributed by atoms with van der Waals surface area (Å²) in [5.74, 6) is -32.0. The summed E-state index contributed by atoms with van der Waals surface area (Å²) in [6, 6.07) is 6.91. The Morgan fingerprint density at radius 3 is 1.48 bits per heavy atom. The fourth-order valence-corrected chi connectivity index (χ4v) is 2.67. The van der Waals surface area contributed by atoms with Crippen LogP contribution < -0.4 is 0 Å². The standard InChI is InChI=1S/C16H10F15IO/c17-10(18,9(32)7-6-8-4-2-1-3-5-8)33-14(25,16(29,30)31)12(21,22)11(19,20)13(23,24)15(26,27)28/h1-5,9H,6-7H2. The van der Waals surface area contributed by atoms with Gasteiger partial charge < -0.3 is 0 Å². The summed E-state index contributed by atoms with van der Waals surface area (Å²) in [5, 5.41) is 0. The maximum atomic E-state index is 14.1. The predicted octanol–water partition coefficient (Wildman–Crippen LogP) is 7.73. The van der Waals surface area contributed by atoms with Crippen LogP contribution in [0.1, 0.15) is 12.0 Å². The molecule has 0 saturated heterocycles. The molecule has 0 radical (unpaired) electrons. The lowest BCUT2D eigenvalue weighted by Crippen LogP contribution is -2.72. The largest absolute Gasteiger partial charge is 0.460 e. The fourth-order valence-electron chi connectivity index (χ4n) is 2.23. The summed E-state index contributed by atoms with van der Waals surface area (Å²) in [5.41, 5.74) is 0.263. The Morgan fingerprint density at radius 2 is 1.09 bits per heavy atom. The van der Waals surface area contributed by atoms with E-state index < -0.39 is 58.8 Å². The van der Waals surface area contributed by atoms with Gasteiger partial charge in [0.1, 0.15) is 3.92 Å². The van der Waals surface area contributed by atoms with Crippen molar-refractivity contribution in [3.05, 3.63) is 35.9 Å². The summed E-state index contributed by atoms with van der Waals surface area (Å²) >= 11 is 0.588. The Balaban J connectivity index is 3.39. The maximum absolute atomic E-state index is 14.1. The molecule has 0 spiro atoms. The molecule has 0 bridgehead atoms. The van der Waals surface area contributed by atoms with Crippen LogP contribution in [0.5, 0.6) is 0 Å². The SMILES string of the molecule is FC(F)(OC(F)(C(F)(F)F)C(F)(F)C(F)(F)C(F)(F)C(F)(F)F)C(I)CCc1ccccc1. The minimum atomic E-state index is -8.20. The molecule has 2 atom stereocenters. The Kier molecular flexibility index (Phi) is 8.28. The zero-order valence-electron chi connectivity index (χ0n) is 15.3. The van der Waals surface area contributed by atoms with Gasteiger partial charge in [0.05, 0.1) is 0 Å². The summed E-state index contributed by atoms with van der Waals surface area (Å²) in [7, 11) is 0. The van der Waals surface area contributed by atoms with Gasteiger partial charge in [0.2, 0.25) is 0 Å². The quantitative estimate of drug-likeness (QED) is 0.154. The van der Waals surface area contributed by atoms with E-state index >= 15 is 0 Å². The first kappa shape index (κ1) is 29.9. The van der Waals surface area contributed by atoms with Gasteiger partial charge in [0.25, 0.3) is 0 Å². The summed E-state index contributed by atoms with van der Waals surface area (Å²) in [4.78, 5) is 0. The van der Waals surface area contributed by atoms with E-state index in [9.17, 15) is 65.9 Å². The van der Waals surface area contributed by atoms with E-state index in [1.807, 2.05) is 0 Å². The van der Waals surface area contributed by atoms with Gasteiger partial charge in [-0.15, -0.1) is 0 Å². The van der Waals surface area contributed by atoms with E-state index in [0.717, 1.165) is 0 Å². The Labute approximate surface area is 188 Å². The first-order valence-electron chi connectivity index (χ1n) is 8.17. The van der Waals surface area contributed by atoms with Gasteiger partial charge in [0.15, 0.2) is 0 Å². The van der Waals surface area contributed by atoms with Crippen LogP contribution in [-0.4, -0.2) is 46.0 Å². The van der Waals surface area contributed by atoms with Gasteiger partial charge in [0, 0.05) is 0 Å². The van der Waals surface area contributed by atoms with Crippen molar-refractivity contribution >= 4 is 22.6 Å². The molecule has 0 N–H and O–H groups in total. The number of halogens is 16. The molecule has 192 valence electrons. The fraction of sp³-hybridized carbons (Fsp3) is 0.625. The second-order valence-corrected chi connectivity index (χ2v) is 7.97. The molecule has 2 unspecified atom stereocenters. The lowest BCUT2D eigenvalue weighted by atomic mass is 9.96. The highest BCUT2D eigenvalue weighted by Crippen LogP contribution is 2.61. The lowest BCUT2D eigenvalue weighted by Gasteiger charge is -2.42. The summed E-state index contributed by atoms with van der Waals surface area (Å²) in [6.07, 6.45) is -22.3. The van der Waals surface area contributed by atoms with E-state index in [2.05, 4.69) is 4.74 Å². The lowest BCUT2D eigenvalue weighted by molar-refractivity contribution is -0.502. The molecule has 17 heteroatoms. The molecule has 0 fully saturated rings. The molecule has 1 nitrogen and oxygen atoms in total. The summed E-state index contributed by atoms with van der Waals surface area (Å²) < 4.78 is 197. The number of alkyl halides is 16. The number of rotatable bonds is 9. The Morgan fingerprint density at radius 1 is 0.636 bits per heavy atom. The number of ether oxygens (including phenoxy) is 1. The normalized spacial score (nSPS) is 17.6. The van der Waals surface area contributed by atoms with Crippen LogP contribution in [0.3, 0.4) is 0 Å². The second kappa shape index (κ2) is 9.14. The Bertz CT molecular complexity index is 789. The van der Waals surface area contributed by atoms with Crippen LogP contribution in [0, 0.1) is 0 Å². The maximum Gasteiger partial charge on any atom is 0.460 e. The van der Waals surface area contributed by atoms with Crippen LogP contribution in [0.15, 0.2) is 30.3 Å². The number of aryl methyl sites for hydroxylation is 1. The van der Waals surface area contributed by atoms with Crippen molar-refractivity contribution < 1.29 is 70.6 Å². The van der Waals surface area contributed by atoms with Crippen LogP contribution >= 0.6 is 22.6 Å². The van der Waals surface area contributed by atoms with Crippen molar-refractivity contribution in [1.82, 2.24) is 0 Å². The highest BCUT2D eigenvalue weighted by atomic mass is 127. The third-order valence-electron chi connectivity index (χ3n) is 4.08. The van der Waals surface area contributed by atoms with Crippen molar-refractivity contribution in [3.8, 4) is 0 Å². The average Bonchev–Trinajstić information content (AvgIpc) is 2.64. The van der Waals surface area contributed by atoms with Gasteiger partial charge in [-0.05, 0) is 18.4 Å². The average molecular weight is 630 g/mol. The van der Waals surface area contributed by atoms with Crippen molar-refractivity contribution in [1.29, 1.82) is 0 Å². The van der Waals surface area contributed by atoms with Gasteiger partial charge in [-0.2, -0.15) is 65.9 Å². The van der Waals surface area contributed by atoms with E-state index in [4.69, 9.17) is 0 Å². The zero-order valence-corrected chi connectivity index (χ0v) is 17.5. The minimum Gasteiger partial charge on any atom is -0.269 e. The first-order valence-corrected chi connectivity index (χ1v) is 9.42. The number of hydrogen-bond donors (Lipinski definition) is 0. The predicted molar refractivity (Wildman–Crippen MR) is 89.4 cm³/mol. The molecule has 0 saturated carbocycles. The van der Waals surface area contributed by atoms with Gasteiger partial charge >= 0.3 is 42.1 Å². The smallest absolute Gasteiger partial charge is 0.269 e. The molecule has 1 aromatic carbocycles. The highest BCUT2D eigenvalue weighted by molar-refractivity contribution is 14.1. The summed E-state index contributed by atoms with van der Waals surface area (Å²) in [6.45, 7) is 0. The molecular formula is C16H10F15IO. The highest BCUT2D eigenvalue weighted by Gasteiger charge is 2.92. The van der Waals surface area contributed by atoms with E-state index in [-0.39, 0.29) is 5.56 Å². The van der Waals surface area contributed by atoms with Gasteiger partial charge in [-0.3, -0.25) is 4.74 Å². The van der Waals surface area contributed by atoms with Crippen LogP contribution in [0.2, 0.25) is 0 Å². The molecule has 1 rings (SSSR count). The monoisotopic (exact) mass is 630 g/mol. The minimum absolute atomic E-state index is 0.263. The van der Waals surface area contributed by atoms with Crippen molar-refractivity contribution in [2.45, 2.75) is 58.8 Å². The van der Waals surface area contributed by atoms with Crippen LogP contribution in [0.4, 0.5) is 65.9 Å². The number of hydrogen-bond acceptors (Lipinski definition) is 1. The molecule has 0 amide bonds. The molecule has 0 aliphatic rings. The van der Waals surface area contributed by atoms with Crippen LogP contribution in [0.25, 0.3) is 0 Å². The van der Waals surface area contributed by atoms with Crippen molar-refractivity contribution in [2.75, 3.05) is 0 Å². The molecule has 1 aromatic rings. The van der Waals surface area contributed by atoms with E-state index in [1.54, 1.807) is 0 Å². The molecule has 0 aromatic heterocycles. The number of benzene rings is 1. The van der Waals surface area contributed by atoms with Crippen molar-refractivity contribution in [3.63, 3.8) is 0 Å². The van der Waals surface area contributed by atoms with E-state index in [1.165, 1.54) is 30.3 Å². The third kappa shape index (κ3) is 5.42. The third-order valence-corrected chi connectivity index (χ3v) is 5.43. The van der Waals surface area contributed by atoms with Crippen LogP contribution in [-0.2, 0) is 11.2 Å². The Hall–Kier alpha value is -1.14. The second-order valence-electron chi connectivity index (χ2n) is 6.47. The topological polar surface area (TPSA) is 9.23 Å². The molecule has 0 aliphatic heterocycles. The van der Waals surface area contributed by atoms with E-state index in [0.29, 0.717) is 22.6 Å². The van der Waals surface area contributed by atoms with Gasteiger partial charge in [-0.1, -0.05) is 52.9 Å². The molecular weight excluding hydrogens is 620 g/mol. The zero-order chi connectivity index (χ0) is 26.3. The first-order chi connectivity index (χ1) is 14.5.